The van der Waals surface area contributed by atoms with Crippen LogP contribution in [0.2, 0.25) is 0 Å². The highest BCUT2D eigenvalue weighted by Crippen LogP contribution is 2.47. The van der Waals surface area contributed by atoms with Crippen LogP contribution in [0.1, 0.15) is 23.3 Å². The van der Waals surface area contributed by atoms with Crippen molar-refractivity contribution in [1.29, 1.82) is 0 Å². The minimum atomic E-state index is -0.290. The maximum absolute atomic E-state index is 12.5. The molecular weight excluding hydrogens is 282 g/mol. The van der Waals surface area contributed by atoms with Crippen LogP contribution in [0.5, 0.6) is 0 Å². The van der Waals surface area contributed by atoms with Crippen molar-refractivity contribution in [3.63, 3.8) is 0 Å². The lowest BCUT2D eigenvalue weighted by atomic mass is 10.1. The summed E-state index contributed by atoms with van der Waals surface area (Å²) < 4.78 is 5.18. The Balaban J connectivity index is 1.57. The fourth-order valence-electron chi connectivity index (χ4n) is 2.95. The van der Waals surface area contributed by atoms with Crippen LogP contribution in [-0.2, 0) is 9.53 Å². The van der Waals surface area contributed by atoms with E-state index < -0.39 is 0 Å². The number of nitrogens with zero attached hydrogens (tertiary/aromatic N) is 3. The third-order valence-corrected chi connectivity index (χ3v) is 4.47. The molecule has 1 saturated heterocycles. The van der Waals surface area contributed by atoms with E-state index in [2.05, 4.69) is 4.98 Å². The zero-order valence-electron chi connectivity index (χ0n) is 12.8. The van der Waals surface area contributed by atoms with Gasteiger partial charge in [-0.05, 0) is 25.0 Å². The SMILES string of the molecule is COCC1(C(=O)N2CCN(C(=O)c3ccccn3)CC2)CC1. The molecule has 6 heteroatoms. The summed E-state index contributed by atoms with van der Waals surface area (Å²) in [5, 5.41) is 0. The summed E-state index contributed by atoms with van der Waals surface area (Å²) >= 11 is 0. The van der Waals surface area contributed by atoms with Crippen LogP contribution in [0, 0.1) is 5.41 Å². The standard InChI is InChI=1S/C16H21N3O3/c1-22-12-16(5-6-16)15(21)19-10-8-18(9-11-19)14(20)13-4-2-3-7-17-13/h2-4,7H,5-6,8-12H2,1H3. The fraction of sp³-hybridized carbons (Fsp3) is 0.562. The van der Waals surface area contributed by atoms with Crippen molar-refractivity contribution in [1.82, 2.24) is 14.8 Å². The van der Waals surface area contributed by atoms with Gasteiger partial charge in [0.1, 0.15) is 5.69 Å². The van der Waals surface area contributed by atoms with Gasteiger partial charge in [-0.1, -0.05) is 6.07 Å². The minimum absolute atomic E-state index is 0.0641. The van der Waals surface area contributed by atoms with Gasteiger partial charge < -0.3 is 14.5 Å². The number of pyridine rings is 1. The molecule has 1 aromatic rings. The first-order valence-corrected chi connectivity index (χ1v) is 7.65. The molecule has 2 amide bonds. The van der Waals surface area contributed by atoms with Gasteiger partial charge in [0.25, 0.3) is 5.91 Å². The monoisotopic (exact) mass is 303 g/mol. The second-order valence-electron chi connectivity index (χ2n) is 6.01. The van der Waals surface area contributed by atoms with Crippen LogP contribution in [0.4, 0.5) is 0 Å². The van der Waals surface area contributed by atoms with Gasteiger partial charge in [-0.2, -0.15) is 0 Å². The van der Waals surface area contributed by atoms with E-state index in [1.165, 1.54) is 0 Å². The van der Waals surface area contributed by atoms with Crippen LogP contribution >= 0.6 is 0 Å². The number of methoxy groups -OCH3 is 1. The summed E-state index contributed by atoms with van der Waals surface area (Å²) in [6.07, 6.45) is 3.44. The van der Waals surface area contributed by atoms with Gasteiger partial charge in [-0.15, -0.1) is 0 Å². The Kier molecular flexibility index (Phi) is 4.11. The molecule has 0 atom stereocenters. The number of ether oxygens (including phenoxy) is 1. The minimum Gasteiger partial charge on any atom is -0.384 e. The van der Waals surface area contributed by atoms with Gasteiger partial charge in [0.15, 0.2) is 0 Å². The number of hydrogen-bond donors (Lipinski definition) is 0. The van der Waals surface area contributed by atoms with Gasteiger partial charge in [-0.25, -0.2) is 0 Å². The van der Waals surface area contributed by atoms with Crippen molar-refractivity contribution in [2.24, 2.45) is 5.41 Å². The highest BCUT2D eigenvalue weighted by atomic mass is 16.5. The first kappa shape index (κ1) is 15.0. The van der Waals surface area contributed by atoms with E-state index in [1.807, 2.05) is 11.0 Å². The molecular formula is C16H21N3O3. The summed E-state index contributed by atoms with van der Waals surface area (Å²) in [6, 6.07) is 5.32. The molecule has 1 aromatic heterocycles. The van der Waals surface area contributed by atoms with Gasteiger partial charge in [-0.3, -0.25) is 14.6 Å². The van der Waals surface area contributed by atoms with E-state index in [0.717, 1.165) is 12.8 Å². The van der Waals surface area contributed by atoms with E-state index in [-0.39, 0.29) is 17.2 Å². The molecule has 1 aliphatic heterocycles. The normalized spacial score (nSPS) is 19.9. The number of carbonyl (C=O) groups is 2. The molecule has 3 rings (SSSR count). The molecule has 0 spiro atoms. The molecule has 0 N–H and O–H groups in total. The Bertz CT molecular complexity index is 549. The lowest BCUT2D eigenvalue weighted by molar-refractivity contribution is -0.140. The average Bonchev–Trinajstić information content (AvgIpc) is 3.36. The van der Waals surface area contributed by atoms with Crippen molar-refractivity contribution >= 4 is 11.8 Å². The Morgan fingerprint density at radius 2 is 1.86 bits per heavy atom. The second kappa shape index (κ2) is 6.04. The summed E-state index contributed by atoms with van der Waals surface area (Å²) in [7, 11) is 1.64. The number of amides is 2. The zero-order chi connectivity index (χ0) is 15.6. The molecule has 0 aromatic carbocycles. The molecule has 118 valence electrons. The number of piperazine rings is 1. The molecule has 1 saturated carbocycles. The first-order valence-electron chi connectivity index (χ1n) is 7.65. The predicted molar refractivity (Wildman–Crippen MR) is 80.3 cm³/mol. The summed E-state index contributed by atoms with van der Waals surface area (Å²) in [5.74, 6) is 0.116. The van der Waals surface area contributed by atoms with Gasteiger partial charge in [0.2, 0.25) is 5.91 Å². The largest absolute Gasteiger partial charge is 0.384 e. The molecule has 2 fully saturated rings. The molecule has 0 radical (unpaired) electrons. The lowest BCUT2D eigenvalue weighted by Gasteiger charge is -2.36. The van der Waals surface area contributed by atoms with Crippen LogP contribution < -0.4 is 0 Å². The van der Waals surface area contributed by atoms with Gasteiger partial charge in [0, 0.05) is 39.5 Å². The summed E-state index contributed by atoms with van der Waals surface area (Å²) in [5.41, 5.74) is 0.169. The van der Waals surface area contributed by atoms with E-state index in [4.69, 9.17) is 4.74 Å². The molecule has 1 aliphatic carbocycles. The van der Waals surface area contributed by atoms with Crippen molar-refractivity contribution in [2.45, 2.75) is 12.8 Å². The molecule has 2 aliphatic rings. The molecule has 22 heavy (non-hydrogen) atoms. The van der Waals surface area contributed by atoms with E-state index in [0.29, 0.717) is 38.5 Å². The van der Waals surface area contributed by atoms with E-state index in [9.17, 15) is 9.59 Å². The molecule has 2 heterocycles. The van der Waals surface area contributed by atoms with Gasteiger partial charge in [0.05, 0.1) is 12.0 Å². The van der Waals surface area contributed by atoms with Gasteiger partial charge >= 0.3 is 0 Å². The number of hydrogen-bond acceptors (Lipinski definition) is 4. The highest BCUT2D eigenvalue weighted by molar-refractivity contribution is 5.92. The fourth-order valence-corrected chi connectivity index (χ4v) is 2.95. The molecule has 6 nitrogen and oxygen atoms in total. The van der Waals surface area contributed by atoms with Crippen LogP contribution in [-0.4, -0.2) is 66.5 Å². The van der Waals surface area contributed by atoms with Crippen molar-refractivity contribution in [3.8, 4) is 0 Å². The Labute approximate surface area is 130 Å². The number of rotatable bonds is 4. The average molecular weight is 303 g/mol. The molecule has 0 bridgehead atoms. The third-order valence-electron chi connectivity index (χ3n) is 4.47. The lowest BCUT2D eigenvalue weighted by Crippen LogP contribution is -2.52. The van der Waals surface area contributed by atoms with Crippen LogP contribution in [0.3, 0.4) is 0 Å². The third kappa shape index (κ3) is 2.83. The summed E-state index contributed by atoms with van der Waals surface area (Å²) in [6.45, 7) is 2.79. The maximum atomic E-state index is 12.5. The quantitative estimate of drug-likeness (QED) is 0.825. The van der Waals surface area contributed by atoms with E-state index in [1.54, 1.807) is 30.3 Å². The maximum Gasteiger partial charge on any atom is 0.272 e. The van der Waals surface area contributed by atoms with Crippen molar-refractivity contribution in [2.75, 3.05) is 39.9 Å². The van der Waals surface area contributed by atoms with Crippen molar-refractivity contribution < 1.29 is 14.3 Å². The second-order valence-corrected chi connectivity index (χ2v) is 6.01. The number of aromatic nitrogens is 1. The summed E-state index contributed by atoms with van der Waals surface area (Å²) in [4.78, 5) is 32.6. The van der Waals surface area contributed by atoms with E-state index >= 15 is 0 Å². The molecule has 0 unspecified atom stereocenters. The highest BCUT2D eigenvalue weighted by Gasteiger charge is 2.52. The number of carbonyl (C=O) groups excluding carboxylic acids is 2. The zero-order valence-corrected chi connectivity index (χ0v) is 12.8. The Morgan fingerprint density at radius 1 is 1.18 bits per heavy atom. The van der Waals surface area contributed by atoms with Crippen LogP contribution in [0.15, 0.2) is 24.4 Å². The van der Waals surface area contributed by atoms with Crippen LogP contribution in [0.25, 0.3) is 0 Å². The first-order chi connectivity index (χ1) is 10.7. The Morgan fingerprint density at radius 3 is 2.41 bits per heavy atom. The smallest absolute Gasteiger partial charge is 0.272 e. The predicted octanol–water partition coefficient (Wildman–Crippen LogP) is 0.793. The Hall–Kier alpha value is -1.95. The topological polar surface area (TPSA) is 62.7 Å². The van der Waals surface area contributed by atoms with Crippen molar-refractivity contribution in [3.05, 3.63) is 30.1 Å².